The van der Waals surface area contributed by atoms with Crippen molar-refractivity contribution in [3.63, 3.8) is 0 Å². The second kappa shape index (κ2) is 5.94. The fraction of sp³-hybridized carbons (Fsp3) is 0.562. The Morgan fingerprint density at radius 1 is 1.35 bits per heavy atom. The SMILES string of the molecule is CCn1c(SC2CCOC2=O)nc2sc3c(c2c1=O)CCCC3. The predicted molar refractivity (Wildman–Crippen MR) is 91.4 cm³/mol. The van der Waals surface area contributed by atoms with E-state index >= 15 is 0 Å². The van der Waals surface area contributed by atoms with Crippen LogP contribution in [-0.2, 0) is 28.9 Å². The Hall–Kier alpha value is -1.34. The maximum absolute atomic E-state index is 13.0. The molecule has 1 aliphatic carbocycles. The van der Waals surface area contributed by atoms with Gasteiger partial charge in [-0.05, 0) is 38.2 Å². The van der Waals surface area contributed by atoms with E-state index in [9.17, 15) is 9.59 Å². The van der Waals surface area contributed by atoms with Crippen LogP contribution in [-0.4, -0.2) is 27.4 Å². The van der Waals surface area contributed by atoms with Crippen LogP contribution in [0.4, 0.5) is 0 Å². The van der Waals surface area contributed by atoms with E-state index in [0.717, 1.165) is 29.5 Å². The van der Waals surface area contributed by atoms with E-state index < -0.39 is 0 Å². The molecule has 2 aromatic heterocycles. The number of carbonyl (C=O) groups excluding carboxylic acids is 1. The molecule has 0 N–H and O–H groups in total. The van der Waals surface area contributed by atoms with Gasteiger partial charge < -0.3 is 4.74 Å². The Labute approximate surface area is 142 Å². The molecular weight excluding hydrogens is 332 g/mol. The first-order valence-corrected chi connectivity index (χ1v) is 9.77. The van der Waals surface area contributed by atoms with E-state index in [1.54, 1.807) is 15.9 Å². The lowest BCUT2D eigenvalue weighted by atomic mass is 9.97. The van der Waals surface area contributed by atoms with E-state index in [1.807, 2.05) is 6.92 Å². The lowest BCUT2D eigenvalue weighted by Crippen LogP contribution is -2.24. The van der Waals surface area contributed by atoms with Crippen molar-refractivity contribution in [1.29, 1.82) is 0 Å². The van der Waals surface area contributed by atoms with Gasteiger partial charge >= 0.3 is 5.97 Å². The molecule has 3 heterocycles. The highest BCUT2D eigenvalue weighted by atomic mass is 32.2. The first-order chi connectivity index (χ1) is 11.2. The third-order valence-electron chi connectivity index (χ3n) is 4.49. The predicted octanol–water partition coefficient (Wildman–Crippen LogP) is 2.76. The Morgan fingerprint density at radius 3 is 2.91 bits per heavy atom. The zero-order valence-electron chi connectivity index (χ0n) is 13.0. The molecule has 1 unspecified atom stereocenters. The molecule has 23 heavy (non-hydrogen) atoms. The van der Waals surface area contributed by atoms with Crippen molar-refractivity contribution >= 4 is 39.3 Å². The fourth-order valence-corrected chi connectivity index (χ4v) is 5.73. The number of aryl methyl sites for hydroxylation is 2. The van der Waals surface area contributed by atoms with E-state index in [2.05, 4.69) is 0 Å². The summed E-state index contributed by atoms with van der Waals surface area (Å²) in [5, 5.41) is 1.21. The average Bonchev–Trinajstić information content (AvgIpc) is 3.11. The third-order valence-corrected chi connectivity index (χ3v) is 6.91. The summed E-state index contributed by atoms with van der Waals surface area (Å²) < 4.78 is 6.73. The molecule has 0 amide bonds. The summed E-state index contributed by atoms with van der Waals surface area (Å²) in [6.45, 7) is 2.98. The molecule has 1 aliphatic heterocycles. The molecule has 1 fully saturated rings. The smallest absolute Gasteiger partial charge is 0.319 e. The zero-order chi connectivity index (χ0) is 16.0. The molecule has 7 heteroatoms. The summed E-state index contributed by atoms with van der Waals surface area (Å²) in [6.07, 6.45) is 5.06. The molecule has 0 spiro atoms. The van der Waals surface area contributed by atoms with Crippen molar-refractivity contribution in [2.75, 3.05) is 6.61 Å². The number of cyclic esters (lactones) is 1. The van der Waals surface area contributed by atoms with Gasteiger partial charge in [0.2, 0.25) is 0 Å². The van der Waals surface area contributed by atoms with Crippen molar-refractivity contribution in [3.05, 3.63) is 20.8 Å². The number of rotatable bonds is 3. The highest BCUT2D eigenvalue weighted by Gasteiger charge is 2.30. The fourth-order valence-electron chi connectivity index (χ4n) is 3.30. The Bertz CT molecular complexity index is 840. The number of nitrogens with zero attached hydrogens (tertiary/aromatic N) is 2. The Balaban J connectivity index is 1.84. The van der Waals surface area contributed by atoms with Crippen LogP contribution in [0.2, 0.25) is 0 Å². The van der Waals surface area contributed by atoms with Crippen molar-refractivity contribution in [2.45, 2.75) is 56.0 Å². The molecule has 0 aromatic carbocycles. The monoisotopic (exact) mass is 350 g/mol. The number of ether oxygens (including phenoxy) is 1. The minimum atomic E-state index is -0.244. The normalized spacial score (nSPS) is 20.7. The molecule has 4 rings (SSSR count). The van der Waals surface area contributed by atoms with Crippen LogP contribution in [0.5, 0.6) is 0 Å². The van der Waals surface area contributed by atoms with Crippen molar-refractivity contribution in [3.8, 4) is 0 Å². The topological polar surface area (TPSA) is 61.2 Å². The number of aromatic nitrogens is 2. The molecule has 1 atom stereocenters. The number of hydrogen-bond acceptors (Lipinski definition) is 6. The summed E-state index contributed by atoms with van der Waals surface area (Å²) in [6, 6.07) is 0. The number of thiophene rings is 1. The maximum Gasteiger partial charge on any atom is 0.319 e. The summed E-state index contributed by atoms with van der Waals surface area (Å²) in [5.74, 6) is -0.197. The molecular formula is C16H18N2O3S2. The van der Waals surface area contributed by atoms with Crippen LogP contribution in [0, 0.1) is 0 Å². The van der Waals surface area contributed by atoms with Gasteiger partial charge in [0, 0.05) is 17.8 Å². The molecule has 0 radical (unpaired) electrons. The van der Waals surface area contributed by atoms with Gasteiger partial charge in [-0.3, -0.25) is 14.2 Å². The summed E-state index contributed by atoms with van der Waals surface area (Å²) >= 11 is 3.02. The van der Waals surface area contributed by atoms with Gasteiger partial charge in [0.25, 0.3) is 5.56 Å². The van der Waals surface area contributed by atoms with Gasteiger partial charge in [-0.2, -0.15) is 0 Å². The van der Waals surface area contributed by atoms with Crippen LogP contribution in [0.25, 0.3) is 10.2 Å². The van der Waals surface area contributed by atoms with E-state index in [4.69, 9.17) is 9.72 Å². The maximum atomic E-state index is 13.0. The van der Waals surface area contributed by atoms with E-state index in [1.165, 1.54) is 28.6 Å². The van der Waals surface area contributed by atoms with Crippen molar-refractivity contribution in [2.24, 2.45) is 0 Å². The zero-order valence-corrected chi connectivity index (χ0v) is 14.6. The van der Waals surface area contributed by atoms with Crippen LogP contribution in [0.3, 0.4) is 0 Å². The lowest BCUT2D eigenvalue weighted by Gasteiger charge is -2.13. The number of carbonyl (C=O) groups is 1. The summed E-state index contributed by atoms with van der Waals surface area (Å²) in [5.41, 5.74) is 1.26. The molecule has 2 aromatic rings. The number of fused-ring (bicyclic) bond motifs is 3. The molecule has 122 valence electrons. The molecule has 2 aliphatic rings. The van der Waals surface area contributed by atoms with E-state index in [-0.39, 0.29) is 16.8 Å². The summed E-state index contributed by atoms with van der Waals surface area (Å²) in [7, 11) is 0. The minimum absolute atomic E-state index is 0.0470. The van der Waals surface area contributed by atoms with E-state index in [0.29, 0.717) is 24.7 Å². The first kappa shape index (κ1) is 15.2. The highest BCUT2D eigenvalue weighted by molar-refractivity contribution is 8.00. The van der Waals surface area contributed by atoms with Gasteiger partial charge in [-0.1, -0.05) is 11.8 Å². The standard InChI is InChI=1S/C16H18N2O3S2/c1-2-18-14(19)12-9-5-3-4-6-10(9)22-13(12)17-16(18)23-11-7-8-21-15(11)20/h11H,2-8H2,1H3. The Morgan fingerprint density at radius 2 is 2.17 bits per heavy atom. The quantitative estimate of drug-likeness (QED) is 0.629. The Kier molecular flexibility index (Phi) is 3.93. The van der Waals surface area contributed by atoms with Gasteiger partial charge in [0.05, 0.1) is 12.0 Å². The van der Waals surface area contributed by atoms with Gasteiger partial charge in [0.1, 0.15) is 10.1 Å². The molecule has 0 bridgehead atoms. The van der Waals surface area contributed by atoms with Crippen LogP contribution in [0.15, 0.2) is 9.95 Å². The number of hydrogen-bond donors (Lipinski definition) is 0. The van der Waals surface area contributed by atoms with Gasteiger partial charge in [-0.15, -0.1) is 11.3 Å². The second-order valence-electron chi connectivity index (χ2n) is 5.90. The van der Waals surface area contributed by atoms with Gasteiger partial charge in [-0.25, -0.2) is 4.98 Å². The van der Waals surface area contributed by atoms with Crippen LogP contribution < -0.4 is 5.56 Å². The lowest BCUT2D eigenvalue weighted by molar-refractivity contribution is -0.137. The van der Waals surface area contributed by atoms with Crippen molar-refractivity contribution < 1.29 is 9.53 Å². The largest absolute Gasteiger partial charge is 0.465 e. The number of thioether (sulfide) groups is 1. The molecule has 5 nitrogen and oxygen atoms in total. The highest BCUT2D eigenvalue weighted by Crippen LogP contribution is 2.36. The molecule has 1 saturated heterocycles. The third kappa shape index (κ3) is 2.50. The van der Waals surface area contributed by atoms with Gasteiger partial charge in [0.15, 0.2) is 5.16 Å². The minimum Gasteiger partial charge on any atom is -0.465 e. The first-order valence-electron chi connectivity index (χ1n) is 8.07. The van der Waals surface area contributed by atoms with Crippen LogP contribution >= 0.6 is 23.1 Å². The van der Waals surface area contributed by atoms with Crippen molar-refractivity contribution in [1.82, 2.24) is 9.55 Å². The van der Waals surface area contributed by atoms with Crippen LogP contribution in [0.1, 0.15) is 36.6 Å². The molecule has 0 saturated carbocycles. The summed E-state index contributed by atoms with van der Waals surface area (Å²) in [4.78, 5) is 31.6. The average molecular weight is 350 g/mol. The second-order valence-corrected chi connectivity index (χ2v) is 8.15. The number of esters is 1.